The van der Waals surface area contributed by atoms with Gasteiger partial charge in [-0.2, -0.15) is 0 Å². The minimum atomic E-state index is -0.0150. The third-order valence-corrected chi connectivity index (χ3v) is 5.36. The van der Waals surface area contributed by atoms with Crippen molar-refractivity contribution in [3.8, 4) is 0 Å². The van der Waals surface area contributed by atoms with Crippen LogP contribution in [-0.2, 0) is 18.3 Å². The van der Waals surface area contributed by atoms with Crippen LogP contribution in [-0.4, -0.2) is 11.7 Å². The fraction of sp³-hybridized carbons (Fsp3) is 0.412. The highest BCUT2D eigenvalue weighted by atomic mass is 32.1. The van der Waals surface area contributed by atoms with Crippen LogP contribution in [0.5, 0.6) is 0 Å². The van der Waals surface area contributed by atoms with Crippen molar-refractivity contribution in [2.24, 2.45) is 0 Å². The zero-order valence-corrected chi connectivity index (χ0v) is 12.0. The third-order valence-electron chi connectivity index (χ3n) is 4.42. The maximum atomic E-state index is 10.0. The first kappa shape index (κ1) is 12.9. The molecule has 0 fully saturated rings. The monoisotopic (exact) mass is 272 g/mol. The molecule has 1 aliphatic carbocycles. The number of thiophene rings is 1. The summed E-state index contributed by atoms with van der Waals surface area (Å²) >= 11 is 1.82. The molecule has 1 atom stereocenters. The van der Waals surface area contributed by atoms with Gasteiger partial charge in [0, 0.05) is 10.3 Å². The molecule has 0 spiro atoms. The van der Waals surface area contributed by atoms with Crippen LogP contribution in [0, 0.1) is 0 Å². The highest BCUT2D eigenvalue weighted by Gasteiger charge is 2.35. The lowest BCUT2D eigenvalue weighted by molar-refractivity contribution is 0.165. The first-order valence-electron chi connectivity index (χ1n) is 7.06. The predicted molar refractivity (Wildman–Crippen MR) is 80.8 cm³/mol. The predicted octanol–water partition coefficient (Wildman–Crippen LogP) is 3.95. The van der Waals surface area contributed by atoms with Gasteiger partial charge in [-0.1, -0.05) is 30.3 Å². The Hall–Kier alpha value is -1.12. The summed E-state index contributed by atoms with van der Waals surface area (Å²) in [7, 11) is 0. The van der Waals surface area contributed by atoms with Crippen LogP contribution in [0.1, 0.15) is 35.3 Å². The standard InChI is InChI=1S/C17H20OS/c18-13-17(11-9-15-7-4-12-19-15)10-3-6-14-5-1-2-8-16(14)17/h1-2,4-5,7-8,12,18H,3,6,9-11,13H2. The van der Waals surface area contributed by atoms with E-state index in [4.69, 9.17) is 0 Å². The number of rotatable bonds is 4. The molecule has 3 rings (SSSR count). The van der Waals surface area contributed by atoms with Crippen LogP contribution in [0.2, 0.25) is 0 Å². The molecule has 1 N–H and O–H groups in total. The molecule has 0 saturated carbocycles. The summed E-state index contributed by atoms with van der Waals surface area (Å²) in [5, 5.41) is 12.2. The van der Waals surface area contributed by atoms with Gasteiger partial charge in [0.1, 0.15) is 0 Å². The van der Waals surface area contributed by atoms with E-state index in [0.29, 0.717) is 0 Å². The molecule has 1 aliphatic rings. The van der Waals surface area contributed by atoms with Crippen molar-refractivity contribution in [3.63, 3.8) is 0 Å². The van der Waals surface area contributed by atoms with Gasteiger partial charge in [0.05, 0.1) is 6.61 Å². The third kappa shape index (κ3) is 2.47. The van der Waals surface area contributed by atoms with Gasteiger partial charge in [-0.15, -0.1) is 11.3 Å². The number of hydrogen-bond donors (Lipinski definition) is 1. The molecule has 1 unspecified atom stereocenters. The van der Waals surface area contributed by atoms with Crippen LogP contribution in [0.15, 0.2) is 41.8 Å². The van der Waals surface area contributed by atoms with Crippen LogP contribution in [0.4, 0.5) is 0 Å². The van der Waals surface area contributed by atoms with Crippen molar-refractivity contribution < 1.29 is 5.11 Å². The maximum Gasteiger partial charge on any atom is 0.0528 e. The normalized spacial score (nSPS) is 22.2. The molecule has 2 aromatic rings. The van der Waals surface area contributed by atoms with Crippen molar-refractivity contribution in [1.82, 2.24) is 0 Å². The molecule has 0 radical (unpaired) electrons. The van der Waals surface area contributed by atoms with E-state index in [0.717, 1.165) is 25.7 Å². The average molecular weight is 272 g/mol. The molecular weight excluding hydrogens is 252 g/mol. The van der Waals surface area contributed by atoms with E-state index in [1.54, 1.807) is 0 Å². The minimum Gasteiger partial charge on any atom is -0.395 e. The number of aliphatic hydroxyl groups excluding tert-OH is 1. The van der Waals surface area contributed by atoms with Crippen molar-refractivity contribution in [1.29, 1.82) is 0 Å². The molecule has 1 nitrogen and oxygen atoms in total. The van der Waals surface area contributed by atoms with E-state index >= 15 is 0 Å². The van der Waals surface area contributed by atoms with Gasteiger partial charge in [-0.05, 0) is 54.7 Å². The molecule has 0 saturated heterocycles. The highest BCUT2D eigenvalue weighted by molar-refractivity contribution is 7.09. The SMILES string of the molecule is OCC1(CCc2cccs2)CCCc2ccccc21. The van der Waals surface area contributed by atoms with Crippen LogP contribution >= 0.6 is 11.3 Å². The zero-order chi connectivity index (χ0) is 13.1. The van der Waals surface area contributed by atoms with Crippen molar-refractivity contribution in [3.05, 3.63) is 57.8 Å². The molecule has 1 aromatic carbocycles. The van der Waals surface area contributed by atoms with Gasteiger partial charge < -0.3 is 5.11 Å². The molecule has 2 heteroatoms. The van der Waals surface area contributed by atoms with Crippen LogP contribution in [0.3, 0.4) is 0 Å². The van der Waals surface area contributed by atoms with Gasteiger partial charge in [-0.3, -0.25) is 0 Å². The number of fused-ring (bicyclic) bond motifs is 1. The summed E-state index contributed by atoms with van der Waals surface area (Å²) in [5.41, 5.74) is 2.81. The second-order valence-corrected chi connectivity index (χ2v) is 6.56. The van der Waals surface area contributed by atoms with E-state index in [-0.39, 0.29) is 12.0 Å². The highest BCUT2D eigenvalue weighted by Crippen LogP contribution is 2.40. The lowest BCUT2D eigenvalue weighted by Gasteiger charge is -2.38. The van der Waals surface area contributed by atoms with Gasteiger partial charge >= 0.3 is 0 Å². The lowest BCUT2D eigenvalue weighted by Crippen LogP contribution is -2.35. The fourth-order valence-corrected chi connectivity index (χ4v) is 4.04. The first-order valence-corrected chi connectivity index (χ1v) is 7.94. The molecule has 0 bridgehead atoms. The summed E-state index contributed by atoms with van der Waals surface area (Å²) < 4.78 is 0. The van der Waals surface area contributed by atoms with Crippen LogP contribution in [0.25, 0.3) is 0 Å². The van der Waals surface area contributed by atoms with Crippen molar-refractivity contribution >= 4 is 11.3 Å². The lowest BCUT2D eigenvalue weighted by atomic mass is 9.68. The Morgan fingerprint density at radius 2 is 2.05 bits per heavy atom. The van der Waals surface area contributed by atoms with Crippen molar-refractivity contribution in [2.75, 3.05) is 6.61 Å². The number of aryl methyl sites for hydroxylation is 2. The Morgan fingerprint density at radius 1 is 1.16 bits per heavy atom. The van der Waals surface area contributed by atoms with Gasteiger partial charge in [-0.25, -0.2) is 0 Å². The first-order chi connectivity index (χ1) is 9.34. The summed E-state index contributed by atoms with van der Waals surface area (Å²) in [6.45, 7) is 0.273. The fourth-order valence-electron chi connectivity index (χ4n) is 3.33. The molecule has 0 amide bonds. The average Bonchev–Trinajstić information content (AvgIpc) is 2.98. The van der Waals surface area contributed by atoms with Gasteiger partial charge in [0.2, 0.25) is 0 Å². The smallest absolute Gasteiger partial charge is 0.0528 e. The van der Waals surface area contributed by atoms with Gasteiger partial charge in [0.15, 0.2) is 0 Å². The number of hydrogen-bond acceptors (Lipinski definition) is 2. The van der Waals surface area contributed by atoms with E-state index in [1.165, 1.54) is 22.4 Å². The minimum absolute atomic E-state index is 0.0150. The zero-order valence-electron chi connectivity index (χ0n) is 11.1. The number of aliphatic hydroxyl groups is 1. The Morgan fingerprint density at radius 3 is 2.84 bits per heavy atom. The summed E-state index contributed by atoms with van der Waals surface area (Å²) in [6.07, 6.45) is 5.61. The van der Waals surface area contributed by atoms with E-state index in [1.807, 2.05) is 11.3 Å². The maximum absolute atomic E-state index is 10.0. The molecule has 0 aliphatic heterocycles. The van der Waals surface area contributed by atoms with E-state index in [2.05, 4.69) is 41.8 Å². The summed E-state index contributed by atoms with van der Waals surface area (Å²) in [6, 6.07) is 13.0. The Labute approximate surface area is 118 Å². The molecule has 100 valence electrons. The molecule has 1 heterocycles. The summed E-state index contributed by atoms with van der Waals surface area (Å²) in [4.78, 5) is 1.43. The van der Waals surface area contributed by atoms with E-state index in [9.17, 15) is 5.11 Å². The quantitative estimate of drug-likeness (QED) is 0.893. The van der Waals surface area contributed by atoms with E-state index < -0.39 is 0 Å². The second-order valence-electron chi connectivity index (χ2n) is 5.53. The van der Waals surface area contributed by atoms with Crippen LogP contribution < -0.4 is 0 Å². The van der Waals surface area contributed by atoms with Crippen molar-refractivity contribution in [2.45, 2.75) is 37.5 Å². The Balaban J connectivity index is 1.87. The topological polar surface area (TPSA) is 20.2 Å². The Kier molecular flexibility index (Phi) is 3.72. The largest absolute Gasteiger partial charge is 0.395 e. The molecule has 1 aromatic heterocycles. The van der Waals surface area contributed by atoms with Gasteiger partial charge in [0.25, 0.3) is 0 Å². The Bertz CT molecular complexity index is 532. The summed E-state index contributed by atoms with van der Waals surface area (Å²) in [5.74, 6) is 0. The molecule has 19 heavy (non-hydrogen) atoms. The second kappa shape index (κ2) is 5.48. The number of benzene rings is 1. The molecular formula is C17H20OS.